The van der Waals surface area contributed by atoms with E-state index in [0.717, 1.165) is 11.2 Å². The topological polar surface area (TPSA) is 154 Å². The van der Waals surface area contributed by atoms with Gasteiger partial charge in [-0.1, -0.05) is 5.16 Å². The number of hydrogen-bond donors (Lipinski definition) is 3. The Balaban J connectivity index is 2.26. The van der Waals surface area contributed by atoms with Crippen molar-refractivity contribution in [3.05, 3.63) is 24.3 Å². The normalized spacial score (nSPS) is 9.55. The number of nitrogens with one attached hydrogen (secondary N) is 1. The Bertz CT molecular complexity index is 677. The number of benzene rings is 1. The number of hydrogen-bond acceptors (Lipinski definition) is 6. The van der Waals surface area contributed by atoms with Crippen LogP contribution in [0.2, 0.25) is 0 Å². The third-order valence-electron chi connectivity index (χ3n) is 2.28. The number of nitrogens with zero attached hydrogens (tertiary/aromatic N) is 5. The molecule has 0 radical (unpaired) electrons. The summed E-state index contributed by atoms with van der Waals surface area (Å²) < 4.78 is 4.84. The summed E-state index contributed by atoms with van der Waals surface area (Å²) in [5.74, 6) is 0.140. The molecule has 5 N–H and O–H groups in total. The van der Waals surface area contributed by atoms with Gasteiger partial charge in [-0.3, -0.25) is 5.41 Å². The Morgan fingerprint density at radius 1 is 1.40 bits per heavy atom. The molecule has 2 aromatic rings. The summed E-state index contributed by atoms with van der Waals surface area (Å²) in [4.78, 5) is 8.72. The molecule has 0 saturated heterocycles. The first kappa shape index (κ1) is 13.0. The van der Waals surface area contributed by atoms with E-state index in [2.05, 4.69) is 15.1 Å². The van der Waals surface area contributed by atoms with Gasteiger partial charge < -0.3 is 16.0 Å². The predicted molar refractivity (Wildman–Crippen MR) is 72.1 cm³/mol. The molecule has 9 heteroatoms. The molecule has 0 aliphatic rings. The van der Waals surface area contributed by atoms with Gasteiger partial charge in [-0.05, 0) is 24.3 Å². The molecule has 0 bridgehead atoms. The van der Waals surface area contributed by atoms with Crippen molar-refractivity contribution in [2.75, 3.05) is 4.90 Å². The van der Waals surface area contributed by atoms with Gasteiger partial charge in [-0.15, -0.1) is 0 Å². The van der Waals surface area contributed by atoms with Crippen LogP contribution in [0, 0.1) is 16.9 Å². The fraction of sp³-hybridized carbons (Fsp3) is 0. The number of anilines is 1. The minimum absolute atomic E-state index is 0.0396. The first-order valence-corrected chi connectivity index (χ1v) is 5.37. The zero-order valence-corrected chi connectivity index (χ0v) is 10.2. The Kier molecular flexibility index (Phi) is 3.58. The summed E-state index contributed by atoms with van der Waals surface area (Å²) in [6.45, 7) is 0. The van der Waals surface area contributed by atoms with Crippen molar-refractivity contribution in [2.45, 2.75) is 0 Å². The van der Waals surface area contributed by atoms with Crippen LogP contribution >= 0.6 is 0 Å². The van der Waals surface area contributed by atoms with Crippen LogP contribution in [-0.4, -0.2) is 22.4 Å². The predicted octanol–water partition coefficient (Wildman–Crippen LogP) is 0.536. The Labute approximate surface area is 113 Å². The van der Waals surface area contributed by atoms with E-state index in [1.54, 1.807) is 24.3 Å². The lowest BCUT2D eigenvalue weighted by Gasteiger charge is -2.07. The lowest BCUT2D eigenvalue weighted by atomic mass is 10.2. The molecule has 1 aromatic heterocycles. The molecular weight excluding hydrogens is 260 g/mol. The van der Waals surface area contributed by atoms with Gasteiger partial charge in [0, 0.05) is 5.56 Å². The van der Waals surface area contributed by atoms with Gasteiger partial charge in [0.05, 0.1) is 5.69 Å². The van der Waals surface area contributed by atoms with E-state index >= 15 is 0 Å². The van der Waals surface area contributed by atoms with Crippen molar-refractivity contribution in [1.29, 1.82) is 10.7 Å². The Hall–Kier alpha value is -3.41. The third kappa shape index (κ3) is 2.70. The zero-order valence-electron chi connectivity index (χ0n) is 10.2. The van der Waals surface area contributed by atoms with Gasteiger partial charge in [-0.2, -0.15) is 15.2 Å². The monoisotopic (exact) mass is 270 g/mol. The molecule has 0 unspecified atom stereocenters. The highest BCUT2D eigenvalue weighted by Gasteiger charge is 2.09. The molecule has 1 aromatic carbocycles. The fourth-order valence-corrected chi connectivity index (χ4v) is 1.42. The summed E-state index contributed by atoms with van der Waals surface area (Å²) >= 11 is 0. The standard InChI is InChI=1S/C11H10N8O/c12-5-19(6-13)8-3-1-7(2-4-8)9-16-11(20-18-9)17-10(14)15/h1-5,12H,(H4,14,15,16,17,18). The molecule has 2 rings (SSSR count). The summed E-state index contributed by atoms with van der Waals surface area (Å²) in [5, 5.41) is 19.6. The lowest BCUT2D eigenvalue weighted by Crippen LogP contribution is -2.21. The molecule has 0 saturated carbocycles. The maximum atomic E-state index is 8.80. The lowest BCUT2D eigenvalue weighted by molar-refractivity contribution is 0.430. The van der Waals surface area contributed by atoms with Crippen LogP contribution in [0.4, 0.5) is 11.7 Å². The molecule has 20 heavy (non-hydrogen) atoms. The quantitative estimate of drug-likeness (QED) is 0.317. The molecule has 0 spiro atoms. The largest absolute Gasteiger partial charge is 0.370 e. The number of nitriles is 1. The molecule has 0 atom stereocenters. The zero-order chi connectivity index (χ0) is 14.5. The molecule has 1 heterocycles. The molecule has 0 fully saturated rings. The summed E-state index contributed by atoms with van der Waals surface area (Å²) in [6.07, 6.45) is 2.76. The molecule has 9 nitrogen and oxygen atoms in total. The van der Waals surface area contributed by atoms with E-state index in [-0.39, 0.29) is 12.0 Å². The summed E-state index contributed by atoms with van der Waals surface area (Å²) in [7, 11) is 0. The van der Waals surface area contributed by atoms with Crippen LogP contribution in [-0.2, 0) is 0 Å². The van der Waals surface area contributed by atoms with Gasteiger partial charge in [-0.25, -0.2) is 4.90 Å². The van der Waals surface area contributed by atoms with Crippen LogP contribution in [0.3, 0.4) is 0 Å². The number of nitrogens with two attached hydrogens (primary N) is 2. The van der Waals surface area contributed by atoms with E-state index in [4.69, 9.17) is 26.7 Å². The van der Waals surface area contributed by atoms with E-state index in [9.17, 15) is 0 Å². The van der Waals surface area contributed by atoms with E-state index in [1.165, 1.54) is 0 Å². The highest BCUT2D eigenvalue weighted by molar-refractivity contribution is 5.81. The second-order valence-electron chi connectivity index (χ2n) is 3.58. The minimum Gasteiger partial charge on any atom is -0.370 e. The average Bonchev–Trinajstić information content (AvgIpc) is 2.88. The number of aromatic nitrogens is 2. The van der Waals surface area contributed by atoms with Crippen LogP contribution in [0.25, 0.3) is 11.4 Å². The second kappa shape index (κ2) is 5.49. The van der Waals surface area contributed by atoms with Gasteiger partial charge in [0.25, 0.3) is 0 Å². The minimum atomic E-state index is -0.175. The van der Waals surface area contributed by atoms with Gasteiger partial charge >= 0.3 is 6.01 Å². The number of rotatable bonds is 4. The summed E-state index contributed by atoms with van der Waals surface area (Å²) in [5.41, 5.74) is 11.6. The Morgan fingerprint density at radius 2 is 2.10 bits per heavy atom. The maximum absolute atomic E-state index is 8.80. The number of aliphatic imine (C=N–C) groups is 1. The maximum Gasteiger partial charge on any atom is 0.351 e. The SMILES string of the molecule is N#CN(C=N)c1ccc(-c2noc(N=C(N)N)n2)cc1. The molecular formula is C11H10N8O. The van der Waals surface area contributed by atoms with Gasteiger partial charge in [0.15, 0.2) is 12.2 Å². The van der Waals surface area contributed by atoms with E-state index in [0.29, 0.717) is 17.1 Å². The fourth-order valence-electron chi connectivity index (χ4n) is 1.42. The highest BCUT2D eigenvalue weighted by atomic mass is 16.5. The Morgan fingerprint density at radius 3 is 2.65 bits per heavy atom. The van der Waals surface area contributed by atoms with Crippen molar-refractivity contribution in [3.8, 4) is 17.6 Å². The van der Waals surface area contributed by atoms with Crippen LogP contribution in [0.5, 0.6) is 0 Å². The van der Waals surface area contributed by atoms with Crippen molar-refractivity contribution < 1.29 is 4.52 Å². The third-order valence-corrected chi connectivity index (χ3v) is 2.28. The van der Waals surface area contributed by atoms with Crippen LogP contribution < -0.4 is 16.4 Å². The van der Waals surface area contributed by atoms with Gasteiger partial charge in [0.1, 0.15) is 6.34 Å². The van der Waals surface area contributed by atoms with Crippen molar-refractivity contribution in [3.63, 3.8) is 0 Å². The van der Waals surface area contributed by atoms with Crippen molar-refractivity contribution in [1.82, 2.24) is 10.1 Å². The van der Waals surface area contributed by atoms with Crippen molar-refractivity contribution in [2.24, 2.45) is 16.5 Å². The first-order chi connectivity index (χ1) is 9.63. The van der Waals surface area contributed by atoms with Crippen LogP contribution in [0.1, 0.15) is 0 Å². The van der Waals surface area contributed by atoms with Crippen LogP contribution in [0.15, 0.2) is 33.8 Å². The average molecular weight is 270 g/mol. The second-order valence-corrected chi connectivity index (χ2v) is 3.58. The summed E-state index contributed by atoms with van der Waals surface area (Å²) in [6, 6.07) is 6.64. The smallest absolute Gasteiger partial charge is 0.351 e. The van der Waals surface area contributed by atoms with Gasteiger partial charge in [0.2, 0.25) is 5.82 Å². The molecule has 0 aliphatic heterocycles. The number of guanidine groups is 1. The highest BCUT2D eigenvalue weighted by Crippen LogP contribution is 2.22. The van der Waals surface area contributed by atoms with Crippen molar-refractivity contribution >= 4 is 24.0 Å². The molecule has 0 amide bonds. The first-order valence-electron chi connectivity index (χ1n) is 5.37. The van der Waals surface area contributed by atoms with E-state index in [1.807, 2.05) is 6.19 Å². The molecule has 100 valence electrons. The van der Waals surface area contributed by atoms with E-state index < -0.39 is 0 Å². The molecule has 0 aliphatic carbocycles.